The number of sulfone groups is 1. The van der Waals surface area contributed by atoms with Crippen molar-refractivity contribution in [1.82, 2.24) is 10.2 Å². The van der Waals surface area contributed by atoms with E-state index < -0.39 is 33.8 Å². The summed E-state index contributed by atoms with van der Waals surface area (Å²) >= 11 is 0. The van der Waals surface area contributed by atoms with Gasteiger partial charge in [0.15, 0.2) is 9.84 Å². The summed E-state index contributed by atoms with van der Waals surface area (Å²) in [6.45, 7) is 2.73. The Morgan fingerprint density at radius 3 is 2.57 bits per heavy atom. The molecule has 0 radical (unpaired) electrons. The van der Waals surface area contributed by atoms with Crippen molar-refractivity contribution >= 4 is 21.7 Å². The molecule has 2 unspecified atom stereocenters. The van der Waals surface area contributed by atoms with Crippen LogP contribution in [0.5, 0.6) is 0 Å². The van der Waals surface area contributed by atoms with Crippen molar-refractivity contribution < 1.29 is 23.1 Å². The SMILES string of the molecule is CCC1(C(=O)N(CC(=O)O)C2CCS(=O)(=O)C2)CCNC1. The fourth-order valence-electron chi connectivity index (χ4n) is 3.22. The number of rotatable bonds is 5. The second-order valence-electron chi connectivity index (χ2n) is 5.94. The van der Waals surface area contributed by atoms with Crippen molar-refractivity contribution in [3.8, 4) is 0 Å². The number of nitrogens with zero attached hydrogens (tertiary/aromatic N) is 1. The Bertz CT molecular complexity index is 525. The zero-order valence-electron chi connectivity index (χ0n) is 12.2. The molecule has 7 nitrogen and oxygen atoms in total. The van der Waals surface area contributed by atoms with Crippen LogP contribution in [0, 0.1) is 5.41 Å². The van der Waals surface area contributed by atoms with E-state index in [0.717, 1.165) is 6.54 Å². The number of carboxylic acids is 1. The van der Waals surface area contributed by atoms with Crippen LogP contribution in [0.15, 0.2) is 0 Å². The van der Waals surface area contributed by atoms with Gasteiger partial charge < -0.3 is 15.3 Å². The maximum Gasteiger partial charge on any atom is 0.323 e. The standard InChI is InChI=1S/C13H22N2O5S/c1-2-13(4-5-14-9-13)12(18)15(7-11(16)17)10-3-6-21(19,20)8-10/h10,14H,2-9H2,1H3,(H,16,17). The van der Waals surface area contributed by atoms with Gasteiger partial charge >= 0.3 is 5.97 Å². The smallest absolute Gasteiger partial charge is 0.323 e. The molecule has 2 heterocycles. The Morgan fingerprint density at radius 1 is 1.43 bits per heavy atom. The number of hydrogen-bond acceptors (Lipinski definition) is 5. The molecule has 2 atom stereocenters. The molecule has 2 aliphatic heterocycles. The van der Waals surface area contributed by atoms with Crippen LogP contribution in [0.1, 0.15) is 26.2 Å². The number of carbonyl (C=O) groups is 2. The molecule has 2 saturated heterocycles. The lowest BCUT2D eigenvalue weighted by Gasteiger charge is -2.35. The van der Waals surface area contributed by atoms with Gasteiger partial charge in [0.25, 0.3) is 0 Å². The van der Waals surface area contributed by atoms with Crippen molar-refractivity contribution in [1.29, 1.82) is 0 Å². The number of carboxylic acid groups (broad SMARTS) is 1. The minimum atomic E-state index is -3.16. The zero-order chi connectivity index (χ0) is 15.7. The molecule has 0 aromatic rings. The van der Waals surface area contributed by atoms with Crippen LogP contribution in [0.25, 0.3) is 0 Å². The average Bonchev–Trinajstić information content (AvgIpc) is 3.02. The third-order valence-electron chi connectivity index (χ3n) is 4.59. The second-order valence-corrected chi connectivity index (χ2v) is 8.17. The molecule has 2 aliphatic rings. The van der Waals surface area contributed by atoms with E-state index in [2.05, 4.69) is 5.32 Å². The van der Waals surface area contributed by atoms with Gasteiger partial charge in [0.05, 0.1) is 16.9 Å². The number of amides is 1. The second kappa shape index (κ2) is 5.92. The lowest BCUT2D eigenvalue weighted by molar-refractivity contribution is -0.151. The van der Waals surface area contributed by atoms with E-state index in [4.69, 9.17) is 5.11 Å². The van der Waals surface area contributed by atoms with E-state index in [1.165, 1.54) is 4.90 Å². The molecule has 21 heavy (non-hydrogen) atoms. The summed E-state index contributed by atoms with van der Waals surface area (Å²) in [5.41, 5.74) is -0.595. The van der Waals surface area contributed by atoms with Gasteiger partial charge in [-0.3, -0.25) is 9.59 Å². The minimum Gasteiger partial charge on any atom is -0.480 e. The number of nitrogens with one attached hydrogen (secondary N) is 1. The normalized spacial score (nSPS) is 31.2. The first-order valence-electron chi connectivity index (χ1n) is 7.24. The Labute approximate surface area is 124 Å². The average molecular weight is 318 g/mol. The van der Waals surface area contributed by atoms with E-state index in [1.54, 1.807) is 0 Å². The third-order valence-corrected chi connectivity index (χ3v) is 6.34. The van der Waals surface area contributed by atoms with Crippen molar-refractivity contribution in [3.05, 3.63) is 0 Å². The van der Waals surface area contributed by atoms with Crippen LogP contribution in [-0.2, 0) is 19.4 Å². The molecule has 0 aliphatic carbocycles. The summed E-state index contributed by atoms with van der Waals surface area (Å²) in [4.78, 5) is 25.2. The maximum atomic E-state index is 12.9. The molecule has 2 rings (SSSR count). The van der Waals surface area contributed by atoms with Crippen molar-refractivity contribution in [3.63, 3.8) is 0 Å². The predicted molar refractivity (Wildman–Crippen MR) is 76.6 cm³/mol. The molecule has 0 bridgehead atoms. The monoisotopic (exact) mass is 318 g/mol. The first kappa shape index (κ1) is 16.2. The molecule has 0 spiro atoms. The van der Waals surface area contributed by atoms with Crippen molar-refractivity contribution in [2.24, 2.45) is 5.41 Å². The first-order valence-corrected chi connectivity index (χ1v) is 9.06. The Kier molecular flexibility index (Phi) is 4.57. The van der Waals surface area contributed by atoms with E-state index in [9.17, 15) is 18.0 Å². The summed E-state index contributed by atoms with van der Waals surface area (Å²) < 4.78 is 23.3. The highest BCUT2D eigenvalue weighted by atomic mass is 32.2. The van der Waals surface area contributed by atoms with Gasteiger partial charge in [-0.2, -0.15) is 0 Å². The Hall–Kier alpha value is -1.15. The fraction of sp³-hybridized carbons (Fsp3) is 0.846. The summed E-state index contributed by atoms with van der Waals surface area (Å²) in [5.74, 6) is -1.43. The van der Waals surface area contributed by atoms with Crippen molar-refractivity contribution in [2.45, 2.75) is 32.2 Å². The molecule has 0 aromatic heterocycles. The van der Waals surface area contributed by atoms with Crippen LogP contribution in [0.4, 0.5) is 0 Å². The third kappa shape index (κ3) is 3.37. The van der Waals surface area contributed by atoms with Gasteiger partial charge in [0.1, 0.15) is 6.54 Å². The number of hydrogen-bond donors (Lipinski definition) is 2. The van der Waals surface area contributed by atoms with Gasteiger partial charge in [-0.25, -0.2) is 8.42 Å². The van der Waals surface area contributed by atoms with Crippen LogP contribution >= 0.6 is 0 Å². The van der Waals surface area contributed by atoms with Gasteiger partial charge in [0.2, 0.25) is 5.91 Å². The molecule has 0 saturated carbocycles. The first-order chi connectivity index (χ1) is 9.80. The van der Waals surface area contributed by atoms with Crippen LogP contribution in [0.3, 0.4) is 0 Å². The highest BCUT2D eigenvalue weighted by Crippen LogP contribution is 2.33. The molecular weight excluding hydrogens is 296 g/mol. The van der Waals surface area contributed by atoms with Crippen LogP contribution < -0.4 is 5.32 Å². The molecular formula is C13H22N2O5S. The van der Waals surface area contributed by atoms with E-state index in [0.29, 0.717) is 25.8 Å². The van der Waals surface area contributed by atoms with Crippen LogP contribution in [0.2, 0.25) is 0 Å². The van der Waals surface area contributed by atoms with E-state index in [-0.39, 0.29) is 17.4 Å². The van der Waals surface area contributed by atoms with Crippen molar-refractivity contribution in [2.75, 3.05) is 31.1 Å². The molecule has 2 N–H and O–H groups in total. The van der Waals surface area contributed by atoms with Gasteiger partial charge in [-0.15, -0.1) is 0 Å². The number of carbonyl (C=O) groups excluding carboxylic acids is 1. The molecule has 8 heteroatoms. The maximum absolute atomic E-state index is 12.9. The molecule has 1 amide bonds. The number of aliphatic carboxylic acids is 1. The topological polar surface area (TPSA) is 104 Å². The van der Waals surface area contributed by atoms with Gasteiger partial charge in [-0.1, -0.05) is 6.92 Å². The fourth-order valence-corrected chi connectivity index (χ4v) is 4.95. The lowest BCUT2D eigenvalue weighted by Crippen LogP contribution is -2.51. The molecule has 2 fully saturated rings. The highest BCUT2D eigenvalue weighted by molar-refractivity contribution is 7.91. The largest absolute Gasteiger partial charge is 0.480 e. The minimum absolute atomic E-state index is 0.0262. The molecule has 0 aromatic carbocycles. The van der Waals surface area contributed by atoms with Gasteiger partial charge in [-0.05, 0) is 25.8 Å². The summed E-state index contributed by atoms with van der Waals surface area (Å²) in [7, 11) is -3.16. The van der Waals surface area contributed by atoms with Crippen LogP contribution in [-0.4, -0.2) is 67.5 Å². The quantitative estimate of drug-likeness (QED) is 0.707. The van der Waals surface area contributed by atoms with E-state index >= 15 is 0 Å². The Morgan fingerprint density at radius 2 is 2.14 bits per heavy atom. The summed E-state index contributed by atoms with van der Waals surface area (Å²) in [5, 5.41) is 12.2. The zero-order valence-corrected chi connectivity index (χ0v) is 13.0. The predicted octanol–water partition coefficient (Wildman–Crippen LogP) is -0.524. The lowest BCUT2D eigenvalue weighted by atomic mass is 9.82. The summed E-state index contributed by atoms with van der Waals surface area (Å²) in [6, 6.07) is -0.511. The van der Waals surface area contributed by atoms with E-state index in [1.807, 2.05) is 6.92 Å². The summed E-state index contributed by atoms with van der Waals surface area (Å²) in [6.07, 6.45) is 1.61. The Balaban J connectivity index is 2.23. The van der Waals surface area contributed by atoms with Gasteiger partial charge in [0, 0.05) is 12.6 Å². The molecule has 120 valence electrons. The highest BCUT2D eigenvalue weighted by Gasteiger charge is 2.46.